The van der Waals surface area contributed by atoms with Crippen LogP contribution in [0.25, 0.3) is 0 Å². The van der Waals surface area contributed by atoms with Gasteiger partial charge in [-0.05, 0) is 83.9 Å². The number of hydrogen-bond acceptors (Lipinski definition) is 11. The molecule has 52 heavy (non-hydrogen) atoms. The molecule has 1 aliphatic carbocycles. The first-order valence-corrected chi connectivity index (χ1v) is 18.8. The minimum atomic E-state index is -0.493. The molecule has 2 aromatic rings. The summed E-state index contributed by atoms with van der Waals surface area (Å²) in [4.78, 5) is 53.4. The van der Waals surface area contributed by atoms with Crippen LogP contribution in [0.2, 0.25) is 0 Å². The van der Waals surface area contributed by atoms with Crippen LogP contribution < -0.4 is 25.2 Å². The summed E-state index contributed by atoms with van der Waals surface area (Å²) >= 11 is 0. The van der Waals surface area contributed by atoms with Crippen molar-refractivity contribution in [1.82, 2.24) is 20.2 Å². The molecule has 14 heteroatoms. The fourth-order valence-electron chi connectivity index (χ4n) is 7.04. The zero-order valence-corrected chi connectivity index (χ0v) is 31.7. The van der Waals surface area contributed by atoms with Crippen LogP contribution in [0.5, 0.6) is 5.75 Å². The number of likely N-dealkylation sites (N-methyl/N-ethyl adjacent to an activating group) is 1. The van der Waals surface area contributed by atoms with Crippen LogP contribution in [0.4, 0.5) is 27.9 Å². The van der Waals surface area contributed by atoms with Crippen molar-refractivity contribution < 1.29 is 33.3 Å². The molecule has 1 saturated heterocycles. The minimum Gasteiger partial charge on any atom is -0.495 e. The van der Waals surface area contributed by atoms with E-state index in [0.29, 0.717) is 74.5 Å². The number of fused-ring (bicyclic) bond motifs is 1. The zero-order chi connectivity index (χ0) is 37.3. The molecule has 2 N–H and O–H groups in total. The van der Waals surface area contributed by atoms with Gasteiger partial charge in [-0.1, -0.05) is 19.8 Å². The third-order valence-electron chi connectivity index (χ3n) is 9.80. The largest absolute Gasteiger partial charge is 0.495 e. The van der Waals surface area contributed by atoms with E-state index in [9.17, 15) is 14.4 Å². The van der Waals surface area contributed by atoms with Crippen LogP contribution in [-0.2, 0) is 19.0 Å². The molecule has 2 aliphatic heterocycles. The van der Waals surface area contributed by atoms with E-state index in [1.165, 1.54) is 0 Å². The zero-order valence-electron chi connectivity index (χ0n) is 31.7. The molecule has 3 heterocycles. The van der Waals surface area contributed by atoms with Crippen molar-refractivity contribution in [2.24, 2.45) is 0 Å². The molecule has 14 nitrogen and oxygen atoms in total. The predicted molar refractivity (Wildman–Crippen MR) is 200 cm³/mol. The van der Waals surface area contributed by atoms with Crippen molar-refractivity contribution in [1.29, 1.82) is 0 Å². The second-order valence-electron chi connectivity index (χ2n) is 14.7. The molecular weight excluding hydrogens is 666 g/mol. The first kappa shape index (κ1) is 39.0. The Morgan fingerprint density at radius 1 is 1.02 bits per heavy atom. The Kier molecular flexibility index (Phi) is 13.6. The smallest absolute Gasteiger partial charge is 0.410 e. The third kappa shape index (κ3) is 10.0. The number of likely N-dealkylation sites (tertiary alicyclic amines) is 1. The molecule has 286 valence electrons. The SMILES string of the molecule is CC[C@@H]1C(=O)N(C)c2cnc(Nc3ccc(C(=O)NCCCCOCCOC4CCN(C(=O)OC(C)(C)C)CC4)cc3OC)nc2N1C1CCCC1. The lowest BCUT2D eigenvalue weighted by atomic mass is 10.0. The molecular formula is C38H57N7O7. The Bertz CT molecular complexity index is 1520. The van der Waals surface area contributed by atoms with Crippen LogP contribution in [-0.4, -0.2) is 110 Å². The monoisotopic (exact) mass is 723 g/mol. The van der Waals surface area contributed by atoms with Crippen LogP contribution in [0.15, 0.2) is 24.4 Å². The highest BCUT2D eigenvalue weighted by molar-refractivity contribution is 6.04. The van der Waals surface area contributed by atoms with E-state index in [1.807, 2.05) is 27.7 Å². The number of nitrogens with zero attached hydrogens (tertiary/aromatic N) is 5. The van der Waals surface area contributed by atoms with Crippen molar-refractivity contribution in [2.45, 2.75) is 109 Å². The van der Waals surface area contributed by atoms with Crippen LogP contribution in [0.3, 0.4) is 0 Å². The van der Waals surface area contributed by atoms with Gasteiger partial charge < -0.3 is 44.3 Å². The van der Waals surface area contributed by atoms with E-state index >= 15 is 0 Å². The van der Waals surface area contributed by atoms with Gasteiger partial charge in [-0.25, -0.2) is 9.78 Å². The van der Waals surface area contributed by atoms with Crippen LogP contribution >= 0.6 is 0 Å². The second-order valence-corrected chi connectivity index (χ2v) is 14.7. The van der Waals surface area contributed by atoms with Crippen LogP contribution in [0.1, 0.15) is 95.8 Å². The van der Waals surface area contributed by atoms with E-state index in [2.05, 4.69) is 20.5 Å². The molecule has 0 radical (unpaired) electrons. The highest BCUT2D eigenvalue weighted by atomic mass is 16.6. The fraction of sp³-hybridized carbons (Fsp3) is 0.658. The molecule has 1 aromatic carbocycles. The molecule has 0 bridgehead atoms. The number of carbonyl (C=O) groups excluding carboxylic acids is 3. The van der Waals surface area contributed by atoms with Gasteiger partial charge >= 0.3 is 6.09 Å². The summed E-state index contributed by atoms with van der Waals surface area (Å²) in [5, 5.41) is 6.25. The van der Waals surface area contributed by atoms with E-state index in [4.69, 9.17) is 23.9 Å². The van der Waals surface area contributed by atoms with Crippen LogP contribution in [0, 0.1) is 0 Å². The van der Waals surface area contributed by atoms with Gasteiger partial charge in [0.2, 0.25) is 11.9 Å². The number of unbranched alkanes of at least 4 members (excludes halogenated alkanes) is 1. The average molecular weight is 724 g/mol. The number of nitrogens with one attached hydrogen (secondary N) is 2. The first-order chi connectivity index (χ1) is 25.0. The maximum atomic E-state index is 13.2. The average Bonchev–Trinajstić information content (AvgIpc) is 3.66. The number of rotatable bonds is 15. The molecule has 2 fully saturated rings. The number of amides is 3. The van der Waals surface area contributed by atoms with E-state index in [0.717, 1.165) is 57.2 Å². The van der Waals surface area contributed by atoms with Gasteiger partial charge in [-0.2, -0.15) is 4.98 Å². The second kappa shape index (κ2) is 18.0. The van der Waals surface area contributed by atoms with E-state index in [-0.39, 0.29) is 36.1 Å². The summed E-state index contributed by atoms with van der Waals surface area (Å²) in [6.45, 7) is 11.0. The Labute approximate surface area is 307 Å². The summed E-state index contributed by atoms with van der Waals surface area (Å²) < 4.78 is 22.8. The Morgan fingerprint density at radius 2 is 1.77 bits per heavy atom. The number of piperidine rings is 1. The summed E-state index contributed by atoms with van der Waals surface area (Å²) in [6, 6.07) is 5.25. The third-order valence-corrected chi connectivity index (χ3v) is 9.80. The maximum absolute atomic E-state index is 13.2. The molecule has 1 saturated carbocycles. The fourth-order valence-corrected chi connectivity index (χ4v) is 7.04. The lowest BCUT2D eigenvalue weighted by Crippen LogP contribution is -2.55. The molecule has 3 amide bonds. The van der Waals surface area contributed by atoms with Gasteiger partial charge in [0, 0.05) is 44.9 Å². The summed E-state index contributed by atoms with van der Waals surface area (Å²) in [6.07, 6.45) is 9.80. The van der Waals surface area contributed by atoms with Gasteiger partial charge in [0.05, 0.1) is 38.3 Å². The first-order valence-electron chi connectivity index (χ1n) is 18.8. The molecule has 5 rings (SSSR count). The van der Waals surface area contributed by atoms with Crippen molar-refractivity contribution >= 4 is 41.0 Å². The summed E-state index contributed by atoms with van der Waals surface area (Å²) in [7, 11) is 3.35. The topological polar surface area (TPSA) is 148 Å². The number of ether oxygens (including phenoxy) is 4. The molecule has 0 unspecified atom stereocenters. The van der Waals surface area contributed by atoms with Crippen molar-refractivity contribution in [2.75, 3.05) is 68.7 Å². The lowest BCUT2D eigenvalue weighted by Gasteiger charge is -2.43. The number of carbonyl (C=O) groups is 3. The molecule has 3 aliphatic rings. The van der Waals surface area contributed by atoms with Crippen molar-refractivity contribution in [3.8, 4) is 5.75 Å². The molecule has 0 spiro atoms. The predicted octanol–water partition coefficient (Wildman–Crippen LogP) is 5.68. The standard InChI is InChI=1S/C38H57N7O7/c1-7-30-35(47)43(5)31-25-40-36(42-33(31)45(30)27-12-8-9-13-27)41-29-15-14-26(24-32(29)49-6)34(46)39-18-10-11-21-50-22-23-51-28-16-19-44(20-17-28)37(48)52-38(2,3)4/h14-15,24-25,27-28,30H,7-13,16-23H2,1-6H3,(H,39,46)(H,40,41,42)/t30-/m1/s1. The number of hydrogen-bond donors (Lipinski definition) is 2. The Morgan fingerprint density at radius 3 is 2.46 bits per heavy atom. The van der Waals surface area contributed by atoms with E-state index < -0.39 is 5.60 Å². The van der Waals surface area contributed by atoms with Crippen molar-refractivity contribution in [3.05, 3.63) is 30.0 Å². The Balaban J connectivity index is 1.02. The summed E-state index contributed by atoms with van der Waals surface area (Å²) in [5.41, 5.74) is 1.33. The highest BCUT2D eigenvalue weighted by Crippen LogP contribution is 2.40. The number of benzene rings is 1. The highest BCUT2D eigenvalue weighted by Gasteiger charge is 2.41. The molecule has 1 aromatic heterocycles. The minimum absolute atomic E-state index is 0.0723. The normalized spacial score (nSPS) is 18.4. The van der Waals surface area contributed by atoms with Crippen molar-refractivity contribution in [3.63, 3.8) is 0 Å². The van der Waals surface area contributed by atoms with Gasteiger partial charge in [-0.15, -0.1) is 0 Å². The number of methoxy groups -OCH3 is 1. The molecule has 1 atom stereocenters. The van der Waals surface area contributed by atoms with Gasteiger partial charge in [0.1, 0.15) is 23.1 Å². The summed E-state index contributed by atoms with van der Waals surface area (Å²) in [5.74, 6) is 1.53. The van der Waals surface area contributed by atoms with Gasteiger partial charge in [0.25, 0.3) is 5.91 Å². The van der Waals surface area contributed by atoms with Gasteiger partial charge in [0.15, 0.2) is 5.82 Å². The lowest BCUT2D eigenvalue weighted by molar-refractivity contribution is -0.120. The number of anilines is 4. The maximum Gasteiger partial charge on any atom is 0.410 e. The van der Waals surface area contributed by atoms with E-state index in [1.54, 1.807) is 48.4 Å². The van der Waals surface area contributed by atoms with Gasteiger partial charge in [-0.3, -0.25) is 9.59 Å². The number of aromatic nitrogens is 2. The Hall–Kier alpha value is -4.17. The quantitative estimate of drug-likeness (QED) is 0.219.